The van der Waals surface area contributed by atoms with Crippen LogP contribution in [0.25, 0.3) is 6.08 Å². The third-order valence-electron chi connectivity index (χ3n) is 6.55. The van der Waals surface area contributed by atoms with Gasteiger partial charge in [-0.1, -0.05) is 45.4 Å². The molecular formula is C31H39F3N4O2. The smallest absolute Gasteiger partial charge is 0.406 e. The van der Waals surface area contributed by atoms with Gasteiger partial charge in [-0.25, -0.2) is 0 Å². The minimum atomic E-state index is -4.75. The first-order valence-electron chi connectivity index (χ1n) is 13.8. The quantitative estimate of drug-likeness (QED) is 0.129. The van der Waals surface area contributed by atoms with Crippen molar-refractivity contribution in [2.75, 3.05) is 36.8 Å². The molecule has 0 aromatic heterocycles. The summed E-state index contributed by atoms with van der Waals surface area (Å²) in [6.07, 6.45) is 6.05. The summed E-state index contributed by atoms with van der Waals surface area (Å²) in [5.74, 6) is 0.218. The second kappa shape index (κ2) is 15.3. The molecule has 0 spiro atoms. The Balaban J connectivity index is 1.57. The lowest BCUT2D eigenvalue weighted by Gasteiger charge is -2.19. The number of halogens is 3. The topological polar surface area (TPSA) is 66.0 Å². The Labute approximate surface area is 235 Å². The minimum Gasteiger partial charge on any atom is -0.406 e. The summed E-state index contributed by atoms with van der Waals surface area (Å²) in [5.41, 5.74) is 3.11. The van der Waals surface area contributed by atoms with Crippen LogP contribution >= 0.6 is 0 Å². The van der Waals surface area contributed by atoms with E-state index in [2.05, 4.69) is 40.7 Å². The predicted octanol–water partition coefficient (Wildman–Crippen LogP) is 7.62. The standard InChI is InChI=1S/C31H39F3N4O2/c1-4-29(35-18-9-21-38-19-7-5-6-8-20-38)37-28-16-13-25(22-27(28)23(2)3)36-30(39)17-12-24-10-14-26(15-11-24)40-31(32,33)34/h4,10-17,22-23H,1,5-9,18-21H2,2-3H3,(H,35,37)(H,36,39)/b17-12+. The fraction of sp³-hybridized carbons (Fsp3) is 0.419. The molecule has 40 heavy (non-hydrogen) atoms. The van der Waals surface area contributed by atoms with Crippen LogP contribution in [-0.2, 0) is 4.79 Å². The number of nitrogens with zero attached hydrogens (tertiary/aromatic N) is 2. The van der Waals surface area contributed by atoms with E-state index < -0.39 is 6.36 Å². The molecule has 0 atom stereocenters. The van der Waals surface area contributed by atoms with Crippen LogP contribution in [0.5, 0.6) is 5.75 Å². The van der Waals surface area contributed by atoms with Gasteiger partial charge in [0.1, 0.15) is 11.6 Å². The molecule has 1 aliphatic rings. The number of rotatable bonds is 11. The van der Waals surface area contributed by atoms with E-state index in [1.165, 1.54) is 75.2 Å². The summed E-state index contributed by atoms with van der Waals surface area (Å²) in [6.45, 7) is 12.2. The van der Waals surface area contributed by atoms with Gasteiger partial charge in [-0.3, -0.25) is 9.79 Å². The molecule has 1 amide bonds. The number of anilines is 2. The van der Waals surface area contributed by atoms with E-state index in [-0.39, 0.29) is 17.6 Å². The predicted molar refractivity (Wildman–Crippen MR) is 157 cm³/mol. The van der Waals surface area contributed by atoms with Gasteiger partial charge in [0.25, 0.3) is 0 Å². The molecule has 0 unspecified atom stereocenters. The number of carbonyl (C=O) groups is 1. The third-order valence-corrected chi connectivity index (χ3v) is 6.55. The van der Waals surface area contributed by atoms with E-state index >= 15 is 0 Å². The number of ether oxygens (including phenoxy) is 1. The van der Waals surface area contributed by atoms with Gasteiger partial charge in [-0.05, 0) is 98.4 Å². The highest BCUT2D eigenvalue weighted by atomic mass is 19.4. The molecule has 0 radical (unpaired) electrons. The van der Waals surface area contributed by atoms with E-state index in [4.69, 9.17) is 4.99 Å². The Morgan fingerprint density at radius 1 is 1.07 bits per heavy atom. The minimum absolute atomic E-state index is 0.182. The molecule has 2 aromatic carbocycles. The van der Waals surface area contributed by atoms with Gasteiger partial charge in [0.15, 0.2) is 0 Å². The summed E-state index contributed by atoms with van der Waals surface area (Å²) in [4.78, 5) is 19.7. The van der Waals surface area contributed by atoms with Crippen LogP contribution < -0.4 is 15.4 Å². The first kappa shape index (κ1) is 30.9. The molecule has 216 valence electrons. The van der Waals surface area contributed by atoms with Crippen LogP contribution in [0.4, 0.5) is 24.5 Å². The van der Waals surface area contributed by atoms with E-state index in [0.29, 0.717) is 17.1 Å². The molecule has 1 aliphatic heterocycles. The van der Waals surface area contributed by atoms with E-state index in [0.717, 1.165) is 30.8 Å². The lowest BCUT2D eigenvalue weighted by Crippen LogP contribution is -2.26. The van der Waals surface area contributed by atoms with Crippen molar-refractivity contribution in [1.29, 1.82) is 0 Å². The molecule has 0 bridgehead atoms. The van der Waals surface area contributed by atoms with Crippen molar-refractivity contribution in [2.24, 2.45) is 4.99 Å². The number of hydrogen-bond donors (Lipinski definition) is 2. The Morgan fingerprint density at radius 2 is 1.77 bits per heavy atom. The van der Waals surface area contributed by atoms with Gasteiger partial charge in [0.2, 0.25) is 5.91 Å². The summed E-state index contributed by atoms with van der Waals surface area (Å²) in [6, 6.07) is 10.9. The molecule has 9 heteroatoms. The monoisotopic (exact) mass is 556 g/mol. The number of likely N-dealkylation sites (tertiary alicyclic amines) is 1. The van der Waals surface area contributed by atoms with Crippen molar-refractivity contribution in [3.8, 4) is 5.75 Å². The van der Waals surface area contributed by atoms with Gasteiger partial charge in [-0.2, -0.15) is 0 Å². The molecule has 1 heterocycles. The van der Waals surface area contributed by atoms with E-state index in [9.17, 15) is 18.0 Å². The van der Waals surface area contributed by atoms with Crippen LogP contribution in [0.15, 0.2) is 66.2 Å². The Morgan fingerprint density at radius 3 is 2.40 bits per heavy atom. The van der Waals surface area contributed by atoms with E-state index in [1.54, 1.807) is 6.08 Å². The molecule has 2 N–H and O–H groups in total. The second-order valence-corrected chi connectivity index (χ2v) is 10.1. The largest absolute Gasteiger partial charge is 0.573 e. The lowest BCUT2D eigenvalue weighted by atomic mass is 10.00. The molecule has 1 fully saturated rings. The van der Waals surface area contributed by atoms with Gasteiger partial charge in [0.05, 0.1) is 0 Å². The Hall–Kier alpha value is -3.59. The van der Waals surface area contributed by atoms with Crippen molar-refractivity contribution in [3.05, 3.63) is 72.3 Å². The number of aliphatic imine (C=N–C) groups is 1. The first-order chi connectivity index (χ1) is 19.1. The number of amidine groups is 1. The number of benzene rings is 2. The van der Waals surface area contributed by atoms with Crippen molar-refractivity contribution in [3.63, 3.8) is 0 Å². The molecular weight excluding hydrogens is 517 g/mol. The number of hydrogen-bond acceptors (Lipinski definition) is 4. The van der Waals surface area contributed by atoms with E-state index in [1.807, 2.05) is 18.2 Å². The third kappa shape index (κ3) is 10.9. The van der Waals surface area contributed by atoms with Gasteiger partial charge in [-0.15, -0.1) is 13.2 Å². The number of carbonyl (C=O) groups excluding carboxylic acids is 1. The van der Waals surface area contributed by atoms with Crippen LogP contribution in [0.2, 0.25) is 0 Å². The number of amides is 1. The van der Waals surface area contributed by atoms with Crippen molar-refractivity contribution in [2.45, 2.75) is 58.2 Å². The van der Waals surface area contributed by atoms with Crippen LogP contribution in [0.3, 0.4) is 0 Å². The van der Waals surface area contributed by atoms with Gasteiger partial charge < -0.3 is 20.3 Å². The second-order valence-electron chi connectivity index (χ2n) is 10.1. The lowest BCUT2D eigenvalue weighted by molar-refractivity contribution is -0.274. The first-order valence-corrected chi connectivity index (χ1v) is 13.8. The summed E-state index contributed by atoms with van der Waals surface area (Å²) >= 11 is 0. The maximum atomic E-state index is 12.5. The Kier molecular flexibility index (Phi) is 11.8. The summed E-state index contributed by atoms with van der Waals surface area (Å²) in [5, 5.41) is 6.22. The molecule has 6 nitrogen and oxygen atoms in total. The normalized spacial score (nSPS) is 15.2. The molecule has 3 rings (SSSR count). The fourth-order valence-electron chi connectivity index (χ4n) is 4.52. The zero-order valence-corrected chi connectivity index (χ0v) is 23.3. The fourth-order valence-corrected chi connectivity index (χ4v) is 4.52. The number of nitrogens with one attached hydrogen (secondary N) is 2. The highest BCUT2D eigenvalue weighted by Crippen LogP contribution is 2.28. The van der Waals surface area contributed by atoms with Gasteiger partial charge >= 0.3 is 6.36 Å². The maximum absolute atomic E-state index is 12.5. The molecule has 2 aromatic rings. The zero-order valence-electron chi connectivity index (χ0n) is 23.3. The SMILES string of the molecule is C=CC(=NCCCN1CCCCCC1)Nc1ccc(NC(=O)/C=C/c2ccc(OC(F)(F)F)cc2)cc1C(C)C. The van der Waals surface area contributed by atoms with Crippen LogP contribution in [0, 0.1) is 0 Å². The number of alkyl halides is 3. The molecule has 0 saturated carbocycles. The van der Waals surface area contributed by atoms with Crippen molar-refractivity contribution >= 4 is 29.2 Å². The highest BCUT2D eigenvalue weighted by Gasteiger charge is 2.30. The maximum Gasteiger partial charge on any atom is 0.573 e. The van der Waals surface area contributed by atoms with Crippen LogP contribution in [0.1, 0.15) is 63.0 Å². The van der Waals surface area contributed by atoms with Gasteiger partial charge in [0, 0.05) is 24.0 Å². The Bertz CT molecular complexity index is 1170. The molecule has 1 saturated heterocycles. The summed E-state index contributed by atoms with van der Waals surface area (Å²) in [7, 11) is 0. The van der Waals surface area contributed by atoms with Crippen molar-refractivity contribution < 1.29 is 22.7 Å². The zero-order chi connectivity index (χ0) is 29.0. The molecule has 0 aliphatic carbocycles. The average Bonchev–Trinajstić information content (AvgIpc) is 3.18. The van der Waals surface area contributed by atoms with Crippen LogP contribution in [-0.4, -0.2) is 49.2 Å². The average molecular weight is 557 g/mol. The van der Waals surface area contributed by atoms with Crippen molar-refractivity contribution in [1.82, 2.24) is 4.90 Å². The highest BCUT2D eigenvalue weighted by molar-refractivity contribution is 6.05. The summed E-state index contributed by atoms with van der Waals surface area (Å²) < 4.78 is 40.8.